The Hall–Kier alpha value is -3.10. The van der Waals surface area contributed by atoms with E-state index in [0.29, 0.717) is 43.3 Å². The molecule has 0 amide bonds. The smallest absolute Gasteiger partial charge is 0.425 e. The summed E-state index contributed by atoms with van der Waals surface area (Å²) in [7, 11) is 0. The standard InChI is InChI=1S/C23H21F5N2O2/c24-22(25,26)23(27,28)32-20-7-2-1-4-16(20)14-15-9-12-30(13-10-15)18-6-3-5-17-21(18)19(31)8-11-29-17/h1-8,11,15H,9-10,12-14H2,(H,29,31). The van der Waals surface area contributed by atoms with Gasteiger partial charge in [-0.05, 0) is 48.9 Å². The molecule has 0 aliphatic carbocycles. The molecule has 1 aliphatic heterocycles. The molecular weight excluding hydrogens is 431 g/mol. The topological polar surface area (TPSA) is 45.3 Å². The summed E-state index contributed by atoms with van der Waals surface area (Å²) in [5.41, 5.74) is 1.81. The van der Waals surface area contributed by atoms with E-state index in [-0.39, 0.29) is 11.3 Å². The van der Waals surface area contributed by atoms with Gasteiger partial charge in [-0.25, -0.2) is 0 Å². The van der Waals surface area contributed by atoms with Crippen molar-refractivity contribution in [3.63, 3.8) is 0 Å². The Morgan fingerprint density at radius 3 is 2.41 bits per heavy atom. The number of anilines is 1. The molecule has 0 saturated carbocycles. The van der Waals surface area contributed by atoms with Gasteiger partial charge in [-0.15, -0.1) is 0 Å². The Morgan fingerprint density at radius 1 is 0.969 bits per heavy atom. The molecule has 1 N–H and O–H groups in total. The molecule has 2 aromatic carbocycles. The SMILES string of the molecule is O=c1cc[nH]c2cccc(N3CCC(Cc4ccccc4OC(F)(F)C(F)(F)F)CC3)c12. The van der Waals surface area contributed by atoms with Gasteiger partial charge < -0.3 is 14.6 Å². The third-order valence-corrected chi connectivity index (χ3v) is 5.77. The first-order valence-corrected chi connectivity index (χ1v) is 10.2. The first-order valence-electron chi connectivity index (χ1n) is 10.2. The number of rotatable bonds is 5. The Bertz CT molecular complexity index is 1150. The minimum absolute atomic E-state index is 0.0758. The number of halogens is 5. The monoisotopic (exact) mass is 452 g/mol. The van der Waals surface area contributed by atoms with Gasteiger partial charge in [0.2, 0.25) is 0 Å². The number of pyridine rings is 1. The fraction of sp³-hybridized carbons (Fsp3) is 0.348. The molecule has 1 fully saturated rings. The average molecular weight is 452 g/mol. The van der Waals surface area contributed by atoms with Crippen molar-refractivity contribution in [2.45, 2.75) is 31.5 Å². The molecule has 170 valence electrons. The number of nitrogens with zero attached hydrogens (tertiary/aromatic N) is 1. The summed E-state index contributed by atoms with van der Waals surface area (Å²) in [5.74, 6) is -0.374. The number of benzene rings is 2. The Labute approximate surface area is 180 Å². The summed E-state index contributed by atoms with van der Waals surface area (Å²) in [5, 5.41) is 0.613. The highest BCUT2D eigenvalue weighted by Crippen LogP contribution is 2.39. The minimum Gasteiger partial charge on any atom is -0.425 e. The maximum Gasteiger partial charge on any atom is 0.499 e. The molecule has 0 bridgehead atoms. The van der Waals surface area contributed by atoms with Crippen LogP contribution < -0.4 is 15.1 Å². The third kappa shape index (κ3) is 4.42. The zero-order valence-corrected chi connectivity index (χ0v) is 17.0. The van der Waals surface area contributed by atoms with Crippen LogP contribution >= 0.6 is 0 Å². The molecule has 32 heavy (non-hydrogen) atoms. The number of aromatic nitrogens is 1. The van der Waals surface area contributed by atoms with Gasteiger partial charge >= 0.3 is 12.3 Å². The molecule has 0 unspecified atom stereocenters. The minimum atomic E-state index is -5.79. The number of ether oxygens (including phenoxy) is 1. The molecule has 1 aliphatic rings. The van der Waals surface area contributed by atoms with Crippen LogP contribution in [0.2, 0.25) is 0 Å². The van der Waals surface area contributed by atoms with Crippen LogP contribution in [0.3, 0.4) is 0 Å². The second-order valence-electron chi connectivity index (χ2n) is 7.90. The van der Waals surface area contributed by atoms with E-state index in [1.54, 1.807) is 12.3 Å². The van der Waals surface area contributed by atoms with Crippen LogP contribution in [0.25, 0.3) is 10.9 Å². The highest BCUT2D eigenvalue weighted by Gasteiger charge is 2.61. The van der Waals surface area contributed by atoms with Crippen molar-refractivity contribution in [2.24, 2.45) is 5.92 Å². The van der Waals surface area contributed by atoms with E-state index in [9.17, 15) is 26.7 Å². The maximum absolute atomic E-state index is 13.4. The van der Waals surface area contributed by atoms with E-state index in [0.717, 1.165) is 17.3 Å². The van der Waals surface area contributed by atoms with E-state index >= 15 is 0 Å². The van der Waals surface area contributed by atoms with Crippen molar-refractivity contribution < 1.29 is 26.7 Å². The fourth-order valence-corrected chi connectivity index (χ4v) is 4.13. The lowest BCUT2D eigenvalue weighted by Gasteiger charge is -2.34. The number of para-hydroxylation sites is 1. The summed E-state index contributed by atoms with van der Waals surface area (Å²) >= 11 is 0. The van der Waals surface area contributed by atoms with E-state index in [1.807, 2.05) is 18.2 Å². The zero-order valence-electron chi connectivity index (χ0n) is 17.0. The van der Waals surface area contributed by atoms with Crippen LogP contribution in [-0.4, -0.2) is 30.4 Å². The predicted molar refractivity (Wildman–Crippen MR) is 111 cm³/mol. The number of nitrogens with one attached hydrogen (secondary N) is 1. The van der Waals surface area contributed by atoms with Crippen molar-refractivity contribution in [1.82, 2.24) is 4.98 Å². The summed E-state index contributed by atoms with van der Waals surface area (Å²) in [6, 6.07) is 12.7. The second-order valence-corrected chi connectivity index (χ2v) is 7.90. The Balaban J connectivity index is 1.47. The number of fused-ring (bicyclic) bond motifs is 1. The first-order chi connectivity index (χ1) is 15.2. The van der Waals surface area contributed by atoms with Gasteiger partial charge in [0.25, 0.3) is 0 Å². The molecule has 0 radical (unpaired) electrons. The largest absolute Gasteiger partial charge is 0.499 e. The lowest BCUT2D eigenvalue weighted by molar-refractivity contribution is -0.360. The lowest BCUT2D eigenvalue weighted by atomic mass is 9.89. The van der Waals surface area contributed by atoms with Crippen molar-refractivity contribution in [3.05, 3.63) is 70.5 Å². The highest BCUT2D eigenvalue weighted by molar-refractivity contribution is 5.91. The van der Waals surface area contributed by atoms with Crippen molar-refractivity contribution in [3.8, 4) is 5.75 Å². The third-order valence-electron chi connectivity index (χ3n) is 5.77. The molecule has 0 atom stereocenters. The van der Waals surface area contributed by atoms with Gasteiger partial charge in [-0.2, -0.15) is 22.0 Å². The summed E-state index contributed by atoms with van der Waals surface area (Å²) in [4.78, 5) is 17.5. The summed E-state index contributed by atoms with van der Waals surface area (Å²) in [6.45, 7) is 1.28. The highest BCUT2D eigenvalue weighted by atomic mass is 19.4. The lowest BCUT2D eigenvalue weighted by Crippen LogP contribution is -2.42. The van der Waals surface area contributed by atoms with Crippen LogP contribution in [0.5, 0.6) is 5.75 Å². The molecule has 1 saturated heterocycles. The van der Waals surface area contributed by atoms with E-state index in [4.69, 9.17) is 0 Å². The molecular formula is C23H21F5N2O2. The van der Waals surface area contributed by atoms with Crippen LogP contribution in [0.4, 0.5) is 27.6 Å². The molecule has 3 aromatic rings. The molecule has 4 nitrogen and oxygen atoms in total. The van der Waals surface area contributed by atoms with Crippen molar-refractivity contribution in [2.75, 3.05) is 18.0 Å². The number of aromatic amines is 1. The second kappa shape index (κ2) is 8.44. The van der Waals surface area contributed by atoms with E-state index in [2.05, 4.69) is 14.6 Å². The Kier molecular flexibility index (Phi) is 5.83. The van der Waals surface area contributed by atoms with Gasteiger partial charge in [-0.3, -0.25) is 4.79 Å². The van der Waals surface area contributed by atoms with Gasteiger partial charge in [0.05, 0.1) is 16.6 Å². The molecule has 2 heterocycles. The fourth-order valence-electron chi connectivity index (χ4n) is 4.13. The molecule has 9 heteroatoms. The van der Waals surface area contributed by atoms with E-state index < -0.39 is 18.0 Å². The summed E-state index contributed by atoms with van der Waals surface area (Å²) < 4.78 is 68.5. The van der Waals surface area contributed by atoms with Crippen LogP contribution in [0, 0.1) is 5.92 Å². The van der Waals surface area contributed by atoms with Crippen molar-refractivity contribution >= 4 is 16.6 Å². The molecule has 4 rings (SSSR count). The van der Waals surface area contributed by atoms with Gasteiger partial charge in [0, 0.05) is 25.4 Å². The number of H-pyrrole nitrogens is 1. The predicted octanol–water partition coefficient (Wildman–Crippen LogP) is 5.52. The number of hydrogen-bond donors (Lipinski definition) is 1. The first kappa shape index (κ1) is 22.1. The number of hydrogen-bond acceptors (Lipinski definition) is 3. The Morgan fingerprint density at radius 2 is 1.69 bits per heavy atom. The zero-order chi connectivity index (χ0) is 22.9. The van der Waals surface area contributed by atoms with Crippen LogP contribution in [0.1, 0.15) is 18.4 Å². The molecule has 1 aromatic heterocycles. The quantitative estimate of drug-likeness (QED) is 0.519. The van der Waals surface area contributed by atoms with Crippen LogP contribution in [0.15, 0.2) is 59.5 Å². The van der Waals surface area contributed by atoms with E-state index in [1.165, 1.54) is 18.2 Å². The van der Waals surface area contributed by atoms with Crippen molar-refractivity contribution in [1.29, 1.82) is 0 Å². The normalized spacial score (nSPS) is 15.8. The molecule has 0 spiro atoms. The van der Waals surface area contributed by atoms with Crippen LogP contribution in [-0.2, 0) is 6.42 Å². The maximum atomic E-state index is 13.4. The van der Waals surface area contributed by atoms with Gasteiger partial charge in [-0.1, -0.05) is 24.3 Å². The van der Waals surface area contributed by atoms with Gasteiger partial charge in [0.15, 0.2) is 5.43 Å². The summed E-state index contributed by atoms with van der Waals surface area (Å²) in [6.07, 6.45) is -7.72. The average Bonchev–Trinajstić information content (AvgIpc) is 2.75. The van der Waals surface area contributed by atoms with Gasteiger partial charge in [0.1, 0.15) is 5.75 Å². The number of piperidine rings is 1. The number of alkyl halides is 5.